The van der Waals surface area contributed by atoms with Crippen molar-refractivity contribution in [2.75, 3.05) is 0 Å². The number of hydrogen-bond acceptors (Lipinski definition) is 0. The predicted octanol–water partition coefficient (Wildman–Crippen LogP) is 5.52. The van der Waals surface area contributed by atoms with Gasteiger partial charge in [-0.25, -0.2) is 0 Å². The summed E-state index contributed by atoms with van der Waals surface area (Å²) in [6.45, 7) is 0. The van der Waals surface area contributed by atoms with Crippen LogP contribution in [0.25, 0.3) is 0 Å². The highest BCUT2D eigenvalue weighted by atomic mass is 31.1. The first-order valence-corrected chi connectivity index (χ1v) is 9.76. The van der Waals surface area contributed by atoms with Crippen molar-refractivity contribution in [1.82, 2.24) is 0 Å². The highest BCUT2D eigenvalue weighted by Gasteiger charge is 2.31. The van der Waals surface area contributed by atoms with E-state index in [0.29, 0.717) is 0 Å². The Balaban J connectivity index is 0.00000147. The standard InChI is InChI=1S/C18H27P.H3P/c1-4-10-16(11-5-1)19(17-12-6-2-7-13-17)18-14-8-3-9-15-18;/h1,4-5,10-11,17-18H,2-3,6-9,12-15H2;1H3. The minimum absolute atomic E-state index is 0. The third-order valence-corrected chi connectivity index (χ3v) is 8.49. The molecule has 2 aliphatic carbocycles. The maximum absolute atomic E-state index is 2.43. The van der Waals surface area contributed by atoms with Crippen LogP contribution in [0, 0.1) is 0 Å². The fourth-order valence-corrected chi connectivity index (χ4v) is 7.84. The molecule has 0 aromatic heterocycles. The lowest BCUT2D eigenvalue weighted by Gasteiger charge is -2.38. The topological polar surface area (TPSA) is 0 Å². The maximum Gasteiger partial charge on any atom is -0.0166 e. The van der Waals surface area contributed by atoms with Crippen molar-refractivity contribution in [2.24, 2.45) is 0 Å². The van der Waals surface area contributed by atoms with E-state index in [2.05, 4.69) is 30.3 Å². The molecule has 1 unspecified atom stereocenters. The lowest BCUT2D eigenvalue weighted by molar-refractivity contribution is 0.487. The predicted molar refractivity (Wildman–Crippen MR) is 97.8 cm³/mol. The fraction of sp³-hybridized carbons (Fsp3) is 0.667. The van der Waals surface area contributed by atoms with E-state index in [1.807, 2.05) is 0 Å². The third kappa shape index (κ3) is 4.05. The Hall–Kier alpha value is 0.0800. The van der Waals surface area contributed by atoms with Crippen molar-refractivity contribution < 1.29 is 0 Å². The Morgan fingerprint density at radius 3 is 1.55 bits per heavy atom. The molecule has 0 bridgehead atoms. The zero-order valence-corrected chi connectivity index (χ0v) is 15.1. The van der Waals surface area contributed by atoms with E-state index in [-0.39, 0.29) is 17.8 Å². The Morgan fingerprint density at radius 2 is 1.10 bits per heavy atom. The average Bonchev–Trinajstić information content (AvgIpc) is 2.51. The van der Waals surface area contributed by atoms with Crippen molar-refractivity contribution >= 4 is 23.1 Å². The van der Waals surface area contributed by atoms with Gasteiger partial charge in [0.05, 0.1) is 0 Å². The van der Waals surface area contributed by atoms with Crippen molar-refractivity contribution in [3.05, 3.63) is 30.3 Å². The molecular weight excluding hydrogens is 278 g/mol. The number of benzene rings is 1. The van der Waals surface area contributed by atoms with E-state index in [9.17, 15) is 0 Å². The van der Waals surface area contributed by atoms with Gasteiger partial charge in [-0.3, -0.25) is 0 Å². The van der Waals surface area contributed by atoms with Gasteiger partial charge in [0.15, 0.2) is 0 Å². The second kappa shape index (κ2) is 8.51. The molecule has 2 fully saturated rings. The van der Waals surface area contributed by atoms with Crippen LogP contribution in [0.1, 0.15) is 64.2 Å². The van der Waals surface area contributed by atoms with Gasteiger partial charge in [-0.05, 0) is 42.3 Å². The molecule has 0 radical (unpaired) electrons. The third-order valence-electron chi connectivity index (χ3n) is 4.99. The molecular formula is C18H30P2. The molecule has 0 aliphatic heterocycles. The van der Waals surface area contributed by atoms with E-state index >= 15 is 0 Å². The van der Waals surface area contributed by atoms with Gasteiger partial charge in [0.1, 0.15) is 0 Å². The van der Waals surface area contributed by atoms with Crippen LogP contribution in [0.2, 0.25) is 0 Å². The van der Waals surface area contributed by atoms with Crippen molar-refractivity contribution in [1.29, 1.82) is 0 Å². The normalized spacial score (nSPS) is 21.6. The Morgan fingerprint density at radius 1 is 0.650 bits per heavy atom. The Kier molecular flexibility index (Phi) is 7.00. The summed E-state index contributed by atoms with van der Waals surface area (Å²) in [7, 11) is 0.108. The fourth-order valence-electron chi connectivity index (χ4n) is 4.04. The van der Waals surface area contributed by atoms with E-state index in [1.165, 1.54) is 64.2 Å². The van der Waals surface area contributed by atoms with Crippen molar-refractivity contribution in [3.63, 3.8) is 0 Å². The van der Waals surface area contributed by atoms with Gasteiger partial charge in [0.25, 0.3) is 0 Å². The van der Waals surface area contributed by atoms with Gasteiger partial charge in [-0.2, -0.15) is 9.90 Å². The van der Waals surface area contributed by atoms with Crippen LogP contribution in [0.4, 0.5) is 0 Å². The van der Waals surface area contributed by atoms with Crippen LogP contribution in [-0.2, 0) is 0 Å². The minimum Gasteiger partial charge on any atom is -0.153 e. The molecule has 3 rings (SSSR count). The summed E-state index contributed by atoms with van der Waals surface area (Å²) in [6, 6.07) is 11.6. The first-order chi connectivity index (χ1) is 9.45. The summed E-state index contributed by atoms with van der Waals surface area (Å²) in [5.41, 5.74) is 2.07. The second-order valence-electron chi connectivity index (χ2n) is 6.33. The van der Waals surface area contributed by atoms with E-state index in [0.717, 1.165) is 11.3 Å². The van der Waals surface area contributed by atoms with Crippen LogP contribution in [0.15, 0.2) is 30.3 Å². The average molecular weight is 308 g/mol. The molecule has 2 aliphatic rings. The summed E-state index contributed by atoms with van der Waals surface area (Å²) in [5.74, 6) is 0. The van der Waals surface area contributed by atoms with Crippen LogP contribution in [0.5, 0.6) is 0 Å². The summed E-state index contributed by atoms with van der Waals surface area (Å²) >= 11 is 0. The molecule has 0 saturated heterocycles. The highest BCUT2D eigenvalue weighted by molar-refractivity contribution is 7.67. The molecule has 1 aromatic rings. The summed E-state index contributed by atoms with van der Waals surface area (Å²) in [6.07, 6.45) is 15.0. The zero-order chi connectivity index (χ0) is 12.9. The number of rotatable bonds is 3. The van der Waals surface area contributed by atoms with Crippen molar-refractivity contribution in [3.8, 4) is 0 Å². The molecule has 0 amide bonds. The quantitative estimate of drug-likeness (QED) is 0.645. The molecule has 20 heavy (non-hydrogen) atoms. The summed E-state index contributed by atoms with van der Waals surface area (Å²) < 4.78 is 0. The van der Waals surface area contributed by atoms with Crippen molar-refractivity contribution in [2.45, 2.75) is 75.5 Å². The molecule has 0 heterocycles. The van der Waals surface area contributed by atoms with Gasteiger partial charge in [0, 0.05) is 0 Å². The summed E-state index contributed by atoms with van der Waals surface area (Å²) in [5, 5.41) is 1.70. The number of hydrogen-bond donors (Lipinski definition) is 0. The molecule has 0 spiro atoms. The molecule has 112 valence electrons. The first-order valence-electron chi connectivity index (χ1n) is 8.28. The van der Waals surface area contributed by atoms with Crippen LogP contribution in [0.3, 0.4) is 0 Å². The Labute approximate surface area is 129 Å². The summed E-state index contributed by atoms with van der Waals surface area (Å²) in [4.78, 5) is 0. The van der Waals surface area contributed by atoms with Crippen LogP contribution in [-0.4, -0.2) is 11.3 Å². The Bertz CT molecular complexity index is 346. The largest absolute Gasteiger partial charge is 0.153 e. The molecule has 1 atom stereocenters. The van der Waals surface area contributed by atoms with Gasteiger partial charge >= 0.3 is 0 Å². The monoisotopic (exact) mass is 308 g/mol. The van der Waals surface area contributed by atoms with Crippen LogP contribution >= 0.6 is 17.8 Å². The maximum atomic E-state index is 2.43. The lowest BCUT2D eigenvalue weighted by atomic mass is 9.99. The van der Waals surface area contributed by atoms with Gasteiger partial charge in [-0.15, -0.1) is 0 Å². The molecule has 0 nitrogen and oxygen atoms in total. The smallest absolute Gasteiger partial charge is 0.0166 e. The minimum atomic E-state index is 0. The molecule has 1 aromatic carbocycles. The van der Waals surface area contributed by atoms with E-state index in [4.69, 9.17) is 0 Å². The second-order valence-corrected chi connectivity index (χ2v) is 9.12. The molecule has 0 N–H and O–H groups in total. The highest BCUT2D eigenvalue weighted by Crippen LogP contribution is 2.54. The SMILES string of the molecule is P.c1ccc(P(C2CCCCC2)C2CCCCC2)cc1. The van der Waals surface area contributed by atoms with Gasteiger partial charge in [0.2, 0.25) is 0 Å². The van der Waals surface area contributed by atoms with E-state index in [1.54, 1.807) is 5.30 Å². The zero-order valence-electron chi connectivity index (χ0n) is 12.8. The van der Waals surface area contributed by atoms with Gasteiger partial charge in [-0.1, -0.05) is 76.8 Å². The molecule has 2 saturated carbocycles. The lowest BCUT2D eigenvalue weighted by Crippen LogP contribution is -2.26. The van der Waals surface area contributed by atoms with Crippen LogP contribution < -0.4 is 5.30 Å². The molecule has 2 heteroatoms. The van der Waals surface area contributed by atoms with E-state index < -0.39 is 0 Å². The van der Waals surface area contributed by atoms with Gasteiger partial charge < -0.3 is 0 Å². The first kappa shape index (κ1) is 16.5.